The number of aromatic amines is 1. The minimum atomic E-state index is -0.146. The Hall–Kier alpha value is -4.04. The molecule has 0 bridgehead atoms. The molecule has 1 heterocycles. The number of fused-ring (bicyclic) bond motifs is 1. The molecule has 192 valence electrons. The Morgan fingerprint density at radius 3 is 2.38 bits per heavy atom. The first kappa shape index (κ1) is 26.0. The van der Waals surface area contributed by atoms with Gasteiger partial charge in [-0.2, -0.15) is 0 Å². The molecular formula is C29H31N3O4S. The van der Waals surface area contributed by atoms with E-state index in [1.54, 1.807) is 21.3 Å². The van der Waals surface area contributed by atoms with E-state index < -0.39 is 0 Å². The minimum Gasteiger partial charge on any atom is -0.497 e. The van der Waals surface area contributed by atoms with Crippen LogP contribution in [-0.2, 0) is 19.5 Å². The van der Waals surface area contributed by atoms with Gasteiger partial charge >= 0.3 is 0 Å². The summed E-state index contributed by atoms with van der Waals surface area (Å²) in [5.74, 6) is 2.09. The minimum absolute atomic E-state index is 0.146. The van der Waals surface area contributed by atoms with Crippen LogP contribution >= 0.6 is 12.2 Å². The summed E-state index contributed by atoms with van der Waals surface area (Å²) in [6, 6.07) is 23.5. The third-order valence-electron chi connectivity index (χ3n) is 6.13. The third-order valence-corrected chi connectivity index (χ3v) is 6.54. The van der Waals surface area contributed by atoms with Crippen molar-refractivity contribution in [1.82, 2.24) is 15.2 Å². The van der Waals surface area contributed by atoms with E-state index in [-0.39, 0.29) is 5.56 Å². The van der Waals surface area contributed by atoms with Gasteiger partial charge in [-0.25, -0.2) is 0 Å². The highest BCUT2D eigenvalue weighted by molar-refractivity contribution is 7.80. The second kappa shape index (κ2) is 12.3. The first-order chi connectivity index (χ1) is 18.0. The Balaban J connectivity index is 1.50. The molecule has 7 nitrogen and oxygen atoms in total. The van der Waals surface area contributed by atoms with Crippen LogP contribution in [0.4, 0.5) is 0 Å². The second-order valence-corrected chi connectivity index (χ2v) is 8.98. The first-order valence-electron chi connectivity index (χ1n) is 12.0. The van der Waals surface area contributed by atoms with Gasteiger partial charge in [0.05, 0.1) is 33.4 Å². The van der Waals surface area contributed by atoms with Gasteiger partial charge in [-0.05, 0) is 65.5 Å². The number of thiocarbonyl (C=S) groups is 1. The number of ether oxygens (including phenoxy) is 3. The van der Waals surface area contributed by atoms with Gasteiger partial charge in [-0.3, -0.25) is 4.79 Å². The van der Waals surface area contributed by atoms with Gasteiger partial charge in [-0.15, -0.1) is 0 Å². The average molecular weight is 518 g/mol. The maximum absolute atomic E-state index is 12.9. The molecule has 37 heavy (non-hydrogen) atoms. The van der Waals surface area contributed by atoms with E-state index in [0.717, 1.165) is 28.5 Å². The second-order valence-electron chi connectivity index (χ2n) is 8.59. The number of nitrogens with one attached hydrogen (secondary N) is 2. The van der Waals surface area contributed by atoms with E-state index in [9.17, 15) is 4.79 Å². The Labute approximate surface area is 222 Å². The summed E-state index contributed by atoms with van der Waals surface area (Å²) in [4.78, 5) is 17.9. The van der Waals surface area contributed by atoms with Crippen molar-refractivity contribution < 1.29 is 14.2 Å². The van der Waals surface area contributed by atoms with Gasteiger partial charge in [0.15, 0.2) is 16.6 Å². The number of nitrogens with zero attached hydrogens (tertiary/aromatic N) is 1. The smallest absolute Gasteiger partial charge is 0.253 e. The molecule has 8 heteroatoms. The zero-order valence-corrected chi connectivity index (χ0v) is 22.1. The molecule has 0 amide bonds. The molecule has 3 aromatic carbocycles. The van der Waals surface area contributed by atoms with Gasteiger partial charge < -0.3 is 29.4 Å². The number of hydrogen-bond acceptors (Lipinski definition) is 5. The molecule has 2 N–H and O–H groups in total. The van der Waals surface area contributed by atoms with Crippen LogP contribution in [0.1, 0.15) is 16.7 Å². The predicted molar refractivity (Wildman–Crippen MR) is 151 cm³/mol. The highest BCUT2D eigenvalue weighted by Gasteiger charge is 2.15. The van der Waals surface area contributed by atoms with Crippen molar-refractivity contribution in [1.29, 1.82) is 0 Å². The summed E-state index contributed by atoms with van der Waals surface area (Å²) < 4.78 is 16.0. The monoisotopic (exact) mass is 517 g/mol. The standard InChI is InChI=1S/C29H31N3O4S/c1-34-24-11-10-22-16-23(28(33)31-25(22)17-24)19-32(18-21-7-5-4-6-8-21)29(37)30-14-13-20-9-12-26(35-2)27(15-20)36-3/h4-12,15-17H,13-14,18-19H2,1-3H3,(H,30,37)(H,31,33). The number of pyridine rings is 1. The van der Waals surface area contributed by atoms with E-state index in [0.29, 0.717) is 47.6 Å². The van der Waals surface area contributed by atoms with E-state index >= 15 is 0 Å². The molecular weight excluding hydrogens is 486 g/mol. The summed E-state index contributed by atoms with van der Waals surface area (Å²) in [6.45, 7) is 1.57. The van der Waals surface area contributed by atoms with E-state index in [4.69, 9.17) is 26.4 Å². The molecule has 0 radical (unpaired) electrons. The number of benzene rings is 3. The Kier molecular flexibility index (Phi) is 8.64. The molecule has 0 atom stereocenters. The normalized spacial score (nSPS) is 10.7. The topological polar surface area (TPSA) is 75.8 Å². The van der Waals surface area contributed by atoms with Gasteiger partial charge in [0, 0.05) is 24.7 Å². The summed E-state index contributed by atoms with van der Waals surface area (Å²) in [5, 5.41) is 4.88. The highest BCUT2D eigenvalue weighted by atomic mass is 32.1. The van der Waals surface area contributed by atoms with Crippen LogP contribution < -0.4 is 25.1 Å². The number of hydrogen-bond donors (Lipinski definition) is 2. The van der Waals surface area contributed by atoms with Crippen molar-refractivity contribution in [3.8, 4) is 17.2 Å². The number of H-pyrrole nitrogens is 1. The van der Waals surface area contributed by atoms with Crippen molar-refractivity contribution in [2.45, 2.75) is 19.5 Å². The number of rotatable bonds is 10. The molecule has 4 aromatic rings. The SMILES string of the molecule is COc1ccc2cc(CN(Cc3ccccc3)C(=S)NCCc3ccc(OC)c(OC)c3)c(=O)[nH]c2c1. The molecule has 0 aliphatic carbocycles. The number of methoxy groups -OCH3 is 3. The van der Waals surface area contributed by atoms with E-state index in [1.807, 2.05) is 65.6 Å². The molecule has 0 fully saturated rings. The third kappa shape index (κ3) is 6.59. The molecule has 0 unspecified atom stereocenters. The highest BCUT2D eigenvalue weighted by Crippen LogP contribution is 2.27. The summed E-state index contributed by atoms with van der Waals surface area (Å²) >= 11 is 5.79. The Bertz CT molecular complexity index is 1420. The quantitative estimate of drug-likeness (QED) is 0.296. The van der Waals surface area contributed by atoms with Crippen LogP contribution in [-0.4, -0.2) is 42.9 Å². The molecule has 4 rings (SSSR count). The predicted octanol–water partition coefficient (Wildman–Crippen LogP) is 4.67. The van der Waals surface area contributed by atoms with E-state index in [1.165, 1.54) is 0 Å². The Morgan fingerprint density at radius 2 is 1.65 bits per heavy atom. The van der Waals surface area contributed by atoms with Gasteiger partial charge in [-0.1, -0.05) is 36.4 Å². The van der Waals surface area contributed by atoms with Crippen molar-refractivity contribution in [3.05, 3.63) is 99.8 Å². The van der Waals surface area contributed by atoms with Crippen LogP contribution in [0, 0.1) is 0 Å². The first-order valence-corrected chi connectivity index (χ1v) is 12.4. The summed E-state index contributed by atoms with van der Waals surface area (Å²) in [6.07, 6.45) is 0.748. The lowest BCUT2D eigenvalue weighted by Gasteiger charge is -2.26. The molecule has 1 aromatic heterocycles. The Morgan fingerprint density at radius 1 is 0.865 bits per heavy atom. The number of aromatic nitrogens is 1. The zero-order chi connectivity index (χ0) is 26.2. The van der Waals surface area contributed by atoms with Crippen LogP contribution in [0.25, 0.3) is 10.9 Å². The van der Waals surface area contributed by atoms with Gasteiger partial charge in [0.2, 0.25) is 0 Å². The fourth-order valence-corrected chi connectivity index (χ4v) is 4.37. The summed E-state index contributed by atoms with van der Waals surface area (Å²) in [7, 11) is 4.85. The fourth-order valence-electron chi connectivity index (χ4n) is 4.14. The molecule has 0 saturated heterocycles. The van der Waals surface area contributed by atoms with Crippen LogP contribution in [0.3, 0.4) is 0 Å². The lowest BCUT2D eigenvalue weighted by Crippen LogP contribution is -2.40. The van der Waals surface area contributed by atoms with Crippen molar-refractivity contribution >= 4 is 28.2 Å². The molecule has 0 spiro atoms. The fraction of sp³-hybridized carbons (Fsp3) is 0.241. The molecule has 0 saturated carbocycles. The molecule has 0 aliphatic heterocycles. The van der Waals surface area contributed by atoms with Crippen molar-refractivity contribution in [2.75, 3.05) is 27.9 Å². The maximum Gasteiger partial charge on any atom is 0.253 e. The van der Waals surface area contributed by atoms with Crippen LogP contribution in [0.15, 0.2) is 77.6 Å². The zero-order valence-electron chi connectivity index (χ0n) is 21.2. The van der Waals surface area contributed by atoms with Crippen molar-refractivity contribution in [3.63, 3.8) is 0 Å². The summed E-state index contributed by atoms with van der Waals surface area (Å²) in [5.41, 5.74) is 3.43. The lowest BCUT2D eigenvalue weighted by molar-refractivity contribution is 0.354. The van der Waals surface area contributed by atoms with Gasteiger partial charge in [0.25, 0.3) is 5.56 Å². The lowest BCUT2D eigenvalue weighted by atomic mass is 10.1. The maximum atomic E-state index is 12.9. The van der Waals surface area contributed by atoms with Crippen molar-refractivity contribution in [2.24, 2.45) is 0 Å². The van der Waals surface area contributed by atoms with Crippen LogP contribution in [0.5, 0.6) is 17.2 Å². The average Bonchev–Trinajstić information content (AvgIpc) is 2.93. The van der Waals surface area contributed by atoms with E-state index in [2.05, 4.69) is 22.4 Å². The van der Waals surface area contributed by atoms with Gasteiger partial charge in [0.1, 0.15) is 5.75 Å². The largest absolute Gasteiger partial charge is 0.497 e. The van der Waals surface area contributed by atoms with Crippen LogP contribution in [0.2, 0.25) is 0 Å². The molecule has 0 aliphatic rings.